The molecule has 2 unspecified atom stereocenters. The molecule has 0 bridgehead atoms. The van der Waals surface area contributed by atoms with Crippen LogP contribution in [-0.4, -0.2) is 28.0 Å². The largest absolute Gasteiger partial charge is 0.330 e. The average Bonchev–Trinajstić information content (AvgIpc) is 2.69. The highest BCUT2D eigenvalue weighted by atomic mass is 15.2. The Morgan fingerprint density at radius 2 is 1.59 bits per heavy atom. The number of hydrogen-bond donors (Lipinski definition) is 1. The van der Waals surface area contributed by atoms with E-state index in [1.165, 1.54) is 11.1 Å². The summed E-state index contributed by atoms with van der Waals surface area (Å²) in [6.07, 6.45) is 7.39. The number of unbranched alkanes of at least 4 members (excludes halogenated alkanes) is 1. The molecular weight excluding hydrogens is 334 g/mol. The van der Waals surface area contributed by atoms with E-state index in [-0.39, 0.29) is 18.0 Å². The number of aryl methyl sites for hydroxylation is 2. The molecule has 2 aromatic rings. The van der Waals surface area contributed by atoms with E-state index in [1.54, 1.807) is 0 Å². The van der Waals surface area contributed by atoms with E-state index < -0.39 is 0 Å². The van der Waals surface area contributed by atoms with Crippen molar-refractivity contribution < 1.29 is 0 Å². The lowest BCUT2D eigenvalue weighted by Gasteiger charge is -2.44. The zero-order chi connectivity index (χ0) is 19.2. The molecule has 5 nitrogen and oxygen atoms in total. The molecule has 27 heavy (non-hydrogen) atoms. The first-order valence-corrected chi connectivity index (χ1v) is 9.84. The van der Waals surface area contributed by atoms with Gasteiger partial charge >= 0.3 is 0 Å². The van der Waals surface area contributed by atoms with Crippen molar-refractivity contribution in [3.8, 4) is 6.07 Å². The molecule has 0 saturated carbocycles. The number of hydrogen-bond acceptors (Lipinski definition) is 5. The zero-order valence-corrected chi connectivity index (χ0v) is 16.3. The quantitative estimate of drug-likeness (QED) is 0.789. The van der Waals surface area contributed by atoms with Crippen LogP contribution in [0.25, 0.3) is 0 Å². The second-order valence-corrected chi connectivity index (χ2v) is 7.47. The van der Waals surface area contributed by atoms with Gasteiger partial charge in [0.2, 0.25) is 0 Å². The summed E-state index contributed by atoms with van der Waals surface area (Å²) >= 11 is 0. The molecule has 2 aromatic heterocycles. The molecule has 3 rings (SSSR count). The predicted molar refractivity (Wildman–Crippen MR) is 107 cm³/mol. The number of aromatic nitrogens is 2. The van der Waals surface area contributed by atoms with Gasteiger partial charge in [-0.1, -0.05) is 12.1 Å². The van der Waals surface area contributed by atoms with E-state index in [2.05, 4.69) is 36.9 Å². The van der Waals surface area contributed by atoms with Crippen LogP contribution in [0.2, 0.25) is 0 Å². The van der Waals surface area contributed by atoms with Gasteiger partial charge in [-0.05, 0) is 75.9 Å². The van der Waals surface area contributed by atoms with Gasteiger partial charge in [-0.2, -0.15) is 5.26 Å². The van der Waals surface area contributed by atoms with E-state index in [0.717, 1.165) is 43.6 Å². The Balaban J connectivity index is 2.02. The fourth-order valence-corrected chi connectivity index (χ4v) is 4.21. The van der Waals surface area contributed by atoms with E-state index in [9.17, 15) is 5.26 Å². The normalized spacial score (nSPS) is 23.1. The summed E-state index contributed by atoms with van der Waals surface area (Å²) in [5, 5.41) is 9.73. The third-order valence-electron chi connectivity index (χ3n) is 5.60. The second kappa shape index (κ2) is 9.07. The van der Waals surface area contributed by atoms with Crippen molar-refractivity contribution >= 4 is 0 Å². The first-order valence-electron chi connectivity index (χ1n) is 9.84. The van der Waals surface area contributed by atoms with Crippen LogP contribution in [0, 0.1) is 31.1 Å². The molecule has 0 radical (unpaired) electrons. The maximum Gasteiger partial charge on any atom is 0.0657 e. The van der Waals surface area contributed by atoms with Gasteiger partial charge in [-0.25, -0.2) is 0 Å². The maximum atomic E-state index is 9.73. The lowest BCUT2D eigenvalue weighted by atomic mass is 9.82. The minimum Gasteiger partial charge on any atom is -0.330 e. The van der Waals surface area contributed by atoms with Gasteiger partial charge in [0.15, 0.2) is 0 Å². The lowest BCUT2D eigenvalue weighted by molar-refractivity contribution is 0.0571. The van der Waals surface area contributed by atoms with Gasteiger partial charge in [0.1, 0.15) is 0 Å². The molecule has 1 aliphatic rings. The van der Waals surface area contributed by atoms with Crippen LogP contribution >= 0.6 is 0 Å². The van der Waals surface area contributed by atoms with Crippen molar-refractivity contribution in [2.24, 2.45) is 11.7 Å². The van der Waals surface area contributed by atoms with Crippen molar-refractivity contribution in [2.45, 2.75) is 51.6 Å². The van der Waals surface area contributed by atoms with Crippen molar-refractivity contribution in [2.75, 3.05) is 13.1 Å². The Morgan fingerprint density at radius 1 is 1.04 bits per heavy atom. The molecule has 3 atom stereocenters. The highest BCUT2D eigenvalue weighted by Gasteiger charge is 2.39. The monoisotopic (exact) mass is 363 g/mol. The van der Waals surface area contributed by atoms with Crippen LogP contribution in [0.15, 0.2) is 36.7 Å². The minimum atomic E-state index is 0.00794. The summed E-state index contributed by atoms with van der Waals surface area (Å²) in [4.78, 5) is 11.9. The molecule has 5 heteroatoms. The van der Waals surface area contributed by atoms with Crippen LogP contribution in [0.5, 0.6) is 0 Å². The van der Waals surface area contributed by atoms with Crippen molar-refractivity contribution in [3.05, 3.63) is 59.2 Å². The number of nitrogens with zero attached hydrogens (tertiary/aromatic N) is 4. The molecule has 0 aliphatic carbocycles. The smallest absolute Gasteiger partial charge is 0.0657 e. The Hall–Kier alpha value is -2.29. The summed E-state index contributed by atoms with van der Waals surface area (Å²) in [7, 11) is 0. The van der Waals surface area contributed by atoms with Crippen LogP contribution in [0.4, 0.5) is 0 Å². The van der Waals surface area contributed by atoms with E-state index in [0.29, 0.717) is 6.54 Å². The van der Waals surface area contributed by atoms with Gasteiger partial charge in [-0.15, -0.1) is 0 Å². The number of likely N-dealkylation sites (tertiary alicyclic amines) is 1. The summed E-state index contributed by atoms with van der Waals surface area (Å²) in [5.74, 6) is 0.00794. The van der Waals surface area contributed by atoms with E-state index >= 15 is 0 Å². The first-order chi connectivity index (χ1) is 13.2. The molecule has 3 heterocycles. The molecule has 0 spiro atoms. The Labute approximate surface area is 162 Å². The maximum absolute atomic E-state index is 9.73. The molecular formula is C22H29N5. The molecule has 0 amide bonds. The lowest BCUT2D eigenvalue weighted by Crippen LogP contribution is -2.41. The number of nitrogens with two attached hydrogens (primary N) is 1. The molecule has 2 N–H and O–H groups in total. The fourth-order valence-electron chi connectivity index (χ4n) is 4.21. The number of piperidine rings is 1. The van der Waals surface area contributed by atoms with Crippen LogP contribution in [0.1, 0.15) is 60.3 Å². The van der Waals surface area contributed by atoms with Gasteiger partial charge in [-0.3, -0.25) is 14.9 Å². The molecule has 0 aromatic carbocycles. The summed E-state index contributed by atoms with van der Waals surface area (Å²) in [6, 6.07) is 11.0. The Bertz CT molecular complexity index is 742. The summed E-state index contributed by atoms with van der Waals surface area (Å²) < 4.78 is 0. The molecule has 1 saturated heterocycles. The van der Waals surface area contributed by atoms with Gasteiger partial charge in [0, 0.05) is 12.4 Å². The van der Waals surface area contributed by atoms with Gasteiger partial charge in [0.05, 0.1) is 35.5 Å². The SMILES string of the molecule is Cc1cccnc1C1CC(C#N)C[C@@H](c2ncccc2C)N1CCCCN. The average molecular weight is 364 g/mol. The number of pyridine rings is 2. The molecule has 1 aliphatic heterocycles. The van der Waals surface area contributed by atoms with E-state index in [4.69, 9.17) is 15.7 Å². The van der Waals surface area contributed by atoms with Crippen molar-refractivity contribution in [1.82, 2.24) is 14.9 Å². The van der Waals surface area contributed by atoms with Crippen LogP contribution in [-0.2, 0) is 0 Å². The Kier molecular flexibility index (Phi) is 6.54. The number of nitriles is 1. The third-order valence-corrected chi connectivity index (χ3v) is 5.60. The van der Waals surface area contributed by atoms with Crippen LogP contribution in [0.3, 0.4) is 0 Å². The first kappa shape index (κ1) is 19.5. The fraction of sp³-hybridized carbons (Fsp3) is 0.500. The number of rotatable bonds is 6. The zero-order valence-electron chi connectivity index (χ0n) is 16.3. The predicted octanol–water partition coefficient (Wildman–Crippen LogP) is 3.85. The second-order valence-electron chi connectivity index (χ2n) is 7.47. The molecule has 1 fully saturated rings. The topological polar surface area (TPSA) is 78.8 Å². The summed E-state index contributed by atoms with van der Waals surface area (Å²) in [6.45, 7) is 5.86. The standard InChI is InChI=1S/C22H29N5/c1-16-7-5-10-25-21(16)19-13-18(15-24)14-20(27(19)12-4-3-9-23)22-17(2)8-6-11-26-22/h5-8,10-11,18-20H,3-4,9,12-14,23H2,1-2H3/t18?,19-,20?/m0/s1. The van der Waals surface area contributed by atoms with Gasteiger partial charge in [0.25, 0.3) is 0 Å². The van der Waals surface area contributed by atoms with E-state index in [1.807, 2.05) is 24.5 Å². The van der Waals surface area contributed by atoms with Crippen LogP contribution < -0.4 is 5.73 Å². The third kappa shape index (κ3) is 4.35. The van der Waals surface area contributed by atoms with Gasteiger partial charge < -0.3 is 5.73 Å². The van der Waals surface area contributed by atoms with Crippen molar-refractivity contribution in [1.29, 1.82) is 5.26 Å². The highest BCUT2D eigenvalue weighted by Crippen LogP contribution is 2.44. The highest BCUT2D eigenvalue weighted by molar-refractivity contribution is 5.27. The molecule has 142 valence electrons. The van der Waals surface area contributed by atoms with Crippen molar-refractivity contribution in [3.63, 3.8) is 0 Å². The Morgan fingerprint density at radius 3 is 2.04 bits per heavy atom. The minimum absolute atomic E-state index is 0.00794. The summed E-state index contributed by atoms with van der Waals surface area (Å²) in [5.41, 5.74) is 10.3.